The van der Waals surface area contributed by atoms with E-state index in [1.54, 1.807) is 23.1 Å². The Labute approximate surface area is 117 Å². The van der Waals surface area contributed by atoms with E-state index in [2.05, 4.69) is 0 Å². The van der Waals surface area contributed by atoms with Gasteiger partial charge in [0.25, 0.3) is 5.91 Å². The average Bonchev–Trinajstić information content (AvgIpc) is 2.47. The van der Waals surface area contributed by atoms with Gasteiger partial charge in [-0.2, -0.15) is 0 Å². The third-order valence-electron chi connectivity index (χ3n) is 3.35. The van der Waals surface area contributed by atoms with Gasteiger partial charge in [0, 0.05) is 12.6 Å². The number of amides is 1. The third kappa shape index (κ3) is 2.45. The Kier molecular flexibility index (Phi) is 3.29. The minimum Gasteiger partial charge on any atom is -0.508 e. The zero-order valence-electron chi connectivity index (χ0n) is 11.0. The Hall–Kier alpha value is -2.49. The number of hydrogen-bond acceptors (Lipinski definition) is 3. The number of ether oxygens (including phenoxy) is 1. The van der Waals surface area contributed by atoms with E-state index in [1.807, 2.05) is 30.3 Å². The molecule has 0 saturated carbocycles. The van der Waals surface area contributed by atoms with E-state index < -0.39 is 0 Å². The van der Waals surface area contributed by atoms with Crippen LogP contribution in [0.25, 0.3) is 0 Å². The van der Waals surface area contributed by atoms with Gasteiger partial charge in [-0.15, -0.1) is 0 Å². The van der Waals surface area contributed by atoms with Crippen LogP contribution in [-0.2, 0) is 11.2 Å². The topological polar surface area (TPSA) is 49.8 Å². The van der Waals surface area contributed by atoms with Gasteiger partial charge in [0.15, 0.2) is 6.61 Å². The second-order valence-electron chi connectivity index (χ2n) is 4.72. The van der Waals surface area contributed by atoms with Gasteiger partial charge in [0.1, 0.15) is 11.5 Å². The maximum Gasteiger partial charge on any atom is 0.265 e. The largest absolute Gasteiger partial charge is 0.508 e. The maximum atomic E-state index is 12.0. The number of hydrogen-bond donors (Lipinski definition) is 1. The van der Waals surface area contributed by atoms with E-state index in [0.29, 0.717) is 18.0 Å². The van der Waals surface area contributed by atoms with E-state index in [9.17, 15) is 9.90 Å². The van der Waals surface area contributed by atoms with Gasteiger partial charge in [-0.1, -0.05) is 30.3 Å². The van der Waals surface area contributed by atoms with E-state index >= 15 is 0 Å². The summed E-state index contributed by atoms with van der Waals surface area (Å²) in [5, 5.41) is 9.58. The third-order valence-corrected chi connectivity index (χ3v) is 3.35. The number of carbonyl (C=O) groups excluding carboxylic acids is 1. The average molecular weight is 269 g/mol. The van der Waals surface area contributed by atoms with Gasteiger partial charge in [0.05, 0.1) is 5.69 Å². The number of anilines is 1. The van der Waals surface area contributed by atoms with Gasteiger partial charge in [-0.25, -0.2) is 0 Å². The number of aromatic hydroxyl groups is 1. The molecule has 2 aromatic rings. The fourth-order valence-electron chi connectivity index (χ4n) is 2.32. The molecule has 1 aliphatic heterocycles. The molecule has 1 N–H and O–H groups in total. The van der Waals surface area contributed by atoms with Gasteiger partial charge in [-0.3, -0.25) is 4.79 Å². The van der Waals surface area contributed by atoms with Gasteiger partial charge < -0.3 is 14.7 Å². The van der Waals surface area contributed by atoms with Crippen molar-refractivity contribution in [2.75, 3.05) is 18.1 Å². The lowest BCUT2D eigenvalue weighted by molar-refractivity contribution is -0.121. The van der Waals surface area contributed by atoms with E-state index in [0.717, 1.165) is 6.42 Å². The number of rotatable bonds is 3. The van der Waals surface area contributed by atoms with Crippen LogP contribution in [0.15, 0.2) is 48.5 Å². The predicted molar refractivity (Wildman–Crippen MR) is 76.1 cm³/mol. The molecular weight excluding hydrogens is 254 g/mol. The van der Waals surface area contributed by atoms with Crippen molar-refractivity contribution in [1.82, 2.24) is 0 Å². The molecule has 0 saturated heterocycles. The molecule has 102 valence electrons. The van der Waals surface area contributed by atoms with Crippen LogP contribution in [-0.4, -0.2) is 24.2 Å². The van der Waals surface area contributed by atoms with Crippen molar-refractivity contribution in [3.05, 3.63) is 54.1 Å². The first-order valence-electron chi connectivity index (χ1n) is 6.54. The van der Waals surface area contributed by atoms with Gasteiger partial charge in [0.2, 0.25) is 0 Å². The Morgan fingerprint density at radius 1 is 1.15 bits per heavy atom. The molecule has 3 rings (SSSR count). The van der Waals surface area contributed by atoms with Crippen LogP contribution in [0, 0.1) is 0 Å². The standard InChI is InChI=1S/C16H15NO3/c18-13-6-7-15-14(10-13)17(16(19)11-20-15)9-8-12-4-2-1-3-5-12/h1-7,10,18H,8-9,11H2. The zero-order chi connectivity index (χ0) is 13.9. The first-order valence-corrected chi connectivity index (χ1v) is 6.54. The van der Waals surface area contributed by atoms with Crippen LogP contribution >= 0.6 is 0 Å². The van der Waals surface area contributed by atoms with E-state index in [-0.39, 0.29) is 18.3 Å². The number of benzene rings is 2. The van der Waals surface area contributed by atoms with Crippen molar-refractivity contribution in [3.8, 4) is 11.5 Å². The number of nitrogens with zero attached hydrogens (tertiary/aromatic N) is 1. The van der Waals surface area contributed by atoms with Gasteiger partial charge in [-0.05, 0) is 24.1 Å². The minimum absolute atomic E-state index is 0.0482. The summed E-state index contributed by atoms with van der Waals surface area (Å²) in [7, 11) is 0. The van der Waals surface area contributed by atoms with Crippen LogP contribution in [0.1, 0.15) is 5.56 Å². The van der Waals surface area contributed by atoms with Crippen LogP contribution in [0.3, 0.4) is 0 Å². The molecule has 0 fully saturated rings. The normalized spacial score (nSPS) is 13.8. The van der Waals surface area contributed by atoms with Crippen molar-refractivity contribution in [1.29, 1.82) is 0 Å². The van der Waals surface area contributed by atoms with Crippen LogP contribution in [0.5, 0.6) is 11.5 Å². The molecule has 4 nitrogen and oxygen atoms in total. The summed E-state index contributed by atoms with van der Waals surface area (Å²) in [5.74, 6) is 0.682. The molecule has 4 heteroatoms. The van der Waals surface area contributed by atoms with Crippen molar-refractivity contribution >= 4 is 11.6 Å². The molecule has 1 aliphatic rings. The molecule has 1 amide bonds. The lowest BCUT2D eigenvalue weighted by atomic mass is 10.1. The fraction of sp³-hybridized carbons (Fsp3) is 0.188. The molecule has 0 bridgehead atoms. The highest BCUT2D eigenvalue weighted by Gasteiger charge is 2.25. The first-order chi connectivity index (χ1) is 9.74. The summed E-state index contributed by atoms with van der Waals surface area (Å²) in [6, 6.07) is 14.8. The Balaban J connectivity index is 1.82. The SMILES string of the molecule is O=C1COc2ccc(O)cc2N1CCc1ccccc1. The Morgan fingerprint density at radius 2 is 1.95 bits per heavy atom. The Bertz CT molecular complexity index is 625. The summed E-state index contributed by atoms with van der Waals surface area (Å²) in [4.78, 5) is 13.7. The highest BCUT2D eigenvalue weighted by molar-refractivity contribution is 5.98. The summed E-state index contributed by atoms with van der Waals surface area (Å²) in [5.41, 5.74) is 1.81. The van der Waals surface area contributed by atoms with E-state index in [1.165, 1.54) is 5.56 Å². The molecule has 1 heterocycles. The highest BCUT2D eigenvalue weighted by Crippen LogP contribution is 2.34. The molecule has 20 heavy (non-hydrogen) atoms. The number of phenolic OH excluding ortho intramolecular Hbond substituents is 1. The quantitative estimate of drug-likeness (QED) is 0.930. The fourth-order valence-corrected chi connectivity index (χ4v) is 2.32. The smallest absolute Gasteiger partial charge is 0.265 e. The summed E-state index contributed by atoms with van der Waals surface area (Å²) >= 11 is 0. The maximum absolute atomic E-state index is 12.0. The summed E-state index contributed by atoms with van der Waals surface area (Å²) < 4.78 is 5.37. The molecule has 0 aromatic heterocycles. The molecule has 2 aromatic carbocycles. The highest BCUT2D eigenvalue weighted by atomic mass is 16.5. The monoisotopic (exact) mass is 269 g/mol. The molecule has 0 radical (unpaired) electrons. The minimum atomic E-state index is -0.0842. The van der Waals surface area contributed by atoms with Gasteiger partial charge >= 0.3 is 0 Å². The molecule has 0 aliphatic carbocycles. The van der Waals surface area contributed by atoms with Crippen molar-refractivity contribution in [2.45, 2.75) is 6.42 Å². The predicted octanol–water partition coefficient (Wildman–Crippen LogP) is 2.36. The second-order valence-corrected chi connectivity index (χ2v) is 4.72. The Morgan fingerprint density at radius 3 is 2.75 bits per heavy atom. The lowest BCUT2D eigenvalue weighted by Crippen LogP contribution is -2.40. The molecule has 0 atom stereocenters. The molecule has 0 unspecified atom stereocenters. The second kappa shape index (κ2) is 5.25. The van der Waals surface area contributed by atoms with Crippen molar-refractivity contribution in [2.24, 2.45) is 0 Å². The van der Waals surface area contributed by atoms with Crippen LogP contribution in [0.2, 0.25) is 0 Å². The summed E-state index contributed by atoms with van der Waals surface area (Å²) in [6.07, 6.45) is 0.766. The molecule has 0 spiro atoms. The lowest BCUT2D eigenvalue weighted by Gasteiger charge is -2.29. The number of fused-ring (bicyclic) bond motifs is 1. The van der Waals surface area contributed by atoms with Crippen molar-refractivity contribution < 1.29 is 14.6 Å². The molecular formula is C16H15NO3. The summed E-state index contributed by atoms with van der Waals surface area (Å²) in [6.45, 7) is 0.620. The van der Waals surface area contributed by atoms with Crippen molar-refractivity contribution in [3.63, 3.8) is 0 Å². The number of phenols is 1. The van der Waals surface area contributed by atoms with E-state index in [4.69, 9.17) is 4.74 Å². The van der Waals surface area contributed by atoms with Crippen LogP contribution < -0.4 is 9.64 Å². The zero-order valence-corrected chi connectivity index (χ0v) is 11.0. The van der Waals surface area contributed by atoms with Crippen LogP contribution in [0.4, 0.5) is 5.69 Å². The number of carbonyl (C=O) groups is 1. The first kappa shape index (κ1) is 12.5.